The summed E-state index contributed by atoms with van der Waals surface area (Å²) >= 11 is 0. The van der Waals surface area contributed by atoms with Crippen molar-refractivity contribution in [3.63, 3.8) is 0 Å². The van der Waals surface area contributed by atoms with Gasteiger partial charge < -0.3 is 19.5 Å². The molecule has 1 rings (SSSR count). The van der Waals surface area contributed by atoms with Crippen molar-refractivity contribution in [3.8, 4) is 0 Å². The number of benzene rings is 1. The molecule has 1 N–H and O–H groups in total. The Morgan fingerprint density at radius 1 is 1.14 bits per heavy atom. The SMILES string of the molecule is C=N/C(C(=O)N[C@@H](C)C(=O)O[C@H](C)[C@H](C)c1ccccc1C(F)(F)F)=C(OC(C)=O)\C(=C/C)OC. The van der Waals surface area contributed by atoms with Gasteiger partial charge in [-0.3, -0.25) is 14.6 Å². The van der Waals surface area contributed by atoms with Crippen LogP contribution in [0.3, 0.4) is 0 Å². The van der Waals surface area contributed by atoms with E-state index in [-0.39, 0.29) is 17.1 Å². The third-order valence-corrected chi connectivity index (χ3v) is 5.00. The number of esters is 2. The number of carbonyl (C=O) groups is 3. The van der Waals surface area contributed by atoms with Crippen LogP contribution in [-0.2, 0) is 34.8 Å². The van der Waals surface area contributed by atoms with Gasteiger partial charge >= 0.3 is 18.1 Å². The summed E-state index contributed by atoms with van der Waals surface area (Å²) in [6, 6.07) is 3.80. The van der Waals surface area contributed by atoms with Crippen molar-refractivity contribution >= 4 is 24.6 Å². The fourth-order valence-corrected chi connectivity index (χ4v) is 3.06. The summed E-state index contributed by atoms with van der Waals surface area (Å²) in [5.41, 5.74) is -1.27. The Hall–Kier alpha value is -3.63. The average Bonchev–Trinajstić information content (AvgIpc) is 2.78. The van der Waals surface area contributed by atoms with Crippen LogP contribution in [0.2, 0.25) is 0 Å². The summed E-state index contributed by atoms with van der Waals surface area (Å²) in [7, 11) is 1.29. The highest BCUT2D eigenvalue weighted by Crippen LogP contribution is 2.36. The molecule has 0 bridgehead atoms. The molecule has 1 aromatic rings. The van der Waals surface area contributed by atoms with Crippen molar-refractivity contribution in [2.45, 2.75) is 58.9 Å². The fourth-order valence-electron chi connectivity index (χ4n) is 3.06. The molecule has 192 valence electrons. The summed E-state index contributed by atoms with van der Waals surface area (Å²) < 4.78 is 55.5. The number of nitrogens with one attached hydrogen (secondary N) is 1. The van der Waals surface area contributed by atoms with Crippen LogP contribution in [0.1, 0.15) is 51.7 Å². The highest BCUT2D eigenvalue weighted by atomic mass is 19.4. The molecule has 35 heavy (non-hydrogen) atoms. The van der Waals surface area contributed by atoms with Crippen molar-refractivity contribution in [1.82, 2.24) is 5.32 Å². The Kier molecular flexibility index (Phi) is 10.7. The Bertz CT molecular complexity index is 1020. The van der Waals surface area contributed by atoms with E-state index in [1.807, 2.05) is 0 Å². The van der Waals surface area contributed by atoms with Crippen LogP contribution in [0, 0.1) is 0 Å². The lowest BCUT2D eigenvalue weighted by Crippen LogP contribution is -2.42. The van der Waals surface area contributed by atoms with Crippen molar-refractivity contribution in [1.29, 1.82) is 0 Å². The molecule has 3 atom stereocenters. The number of nitrogens with zero attached hydrogens (tertiary/aromatic N) is 1. The lowest BCUT2D eigenvalue weighted by atomic mass is 9.91. The zero-order valence-electron chi connectivity index (χ0n) is 20.4. The van der Waals surface area contributed by atoms with E-state index in [0.717, 1.165) is 13.0 Å². The summed E-state index contributed by atoms with van der Waals surface area (Å²) in [4.78, 5) is 40.4. The second-order valence-corrected chi connectivity index (χ2v) is 7.50. The third kappa shape index (κ3) is 7.97. The molecular formula is C24H29F3N2O6. The summed E-state index contributed by atoms with van der Waals surface area (Å²) in [5, 5.41) is 2.35. The van der Waals surface area contributed by atoms with E-state index >= 15 is 0 Å². The number of amides is 1. The van der Waals surface area contributed by atoms with E-state index in [1.54, 1.807) is 6.92 Å². The number of hydrogen-bond donors (Lipinski definition) is 1. The van der Waals surface area contributed by atoms with Crippen LogP contribution in [0.5, 0.6) is 0 Å². The maximum atomic E-state index is 13.4. The molecule has 0 aliphatic carbocycles. The lowest BCUT2D eigenvalue weighted by molar-refractivity contribution is -0.152. The highest BCUT2D eigenvalue weighted by molar-refractivity contribution is 5.97. The first kappa shape index (κ1) is 29.4. The molecular weight excluding hydrogens is 469 g/mol. The van der Waals surface area contributed by atoms with Crippen LogP contribution in [-0.4, -0.2) is 43.8 Å². The van der Waals surface area contributed by atoms with Gasteiger partial charge in [0.05, 0.1) is 12.7 Å². The molecule has 1 amide bonds. The predicted octanol–water partition coefficient (Wildman–Crippen LogP) is 4.27. The molecule has 0 aliphatic heterocycles. The largest absolute Gasteiger partial charge is 0.493 e. The van der Waals surface area contributed by atoms with Gasteiger partial charge in [-0.15, -0.1) is 0 Å². The van der Waals surface area contributed by atoms with Gasteiger partial charge in [-0.25, -0.2) is 4.79 Å². The highest BCUT2D eigenvalue weighted by Gasteiger charge is 2.36. The van der Waals surface area contributed by atoms with Gasteiger partial charge in [-0.05, 0) is 45.2 Å². The molecule has 0 radical (unpaired) electrons. The summed E-state index contributed by atoms with van der Waals surface area (Å²) in [6.45, 7) is 10.3. The molecule has 0 unspecified atom stereocenters. The van der Waals surface area contributed by atoms with Crippen molar-refractivity contribution in [2.24, 2.45) is 4.99 Å². The number of carbonyl (C=O) groups excluding carboxylic acids is 3. The molecule has 0 aromatic heterocycles. The van der Waals surface area contributed by atoms with Crippen LogP contribution in [0.4, 0.5) is 13.2 Å². The van der Waals surface area contributed by atoms with E-state index in [9.17, 15) is 27.6 Å². The quantitative estimate of drug-likeness (QED) is 0.170. The first-order valence-corrected chi connectivity index (χ1v) is 10.6. The number of halogens is 3. The average molecular weight is 498 g/mol. The summed E-state index contributed by atoms with van der Waals surface area (Å²) in [5.74, 6) is -3.63. The number of hydrogen-bond acceptors (Lipinski definition) is 7. The first-order chi connectivity index (χ1) is 16.3. The fraction of sp³-hybridized carbons (Fsp3) is 0.417. The third-order valence-electron chi connectivity index (χ3n) is 5.00. The normalized spacial score (nSPS) is 15.2. The minimum absolute atomic E-state index is 0.0254. The van der Waals surface area contributed by atoms with Gasteiger partial charge in [0.1, 0.15) is 12.1 Å². The number of rotatable bonds is 10. The van der Waals surface area contributed by atoms with Gasteiger partial charge in [0, 0.05) is 12.8 Å². The van der Waals surface area contributed by atoms with Crippen molar-refractivity contribution < 1.29 is 41.8 Å². The lowest BCUT2D eigenvalue weighted by Gasteiger charge is -2.25. The van der Waals surface area contributed by atoms with E-state index in [1.165, 1.54) is 52.2 Å². The Balaban J connectivity index is 3.06. The second-order valence-electron chi connectivity index (χ2n) is 7.50. The monoisotopic (exact) mass is 498 g/mol. The second kappa shape index (κ2) is 12.7. The Labute approximate surface area is 201 Å². The topological polar surface area (TPSA) is 103 Å². The zero-order valence-corrected chi connectivity index (χ0v) is 20.4. The van der Waals surface area contributed by atoms with Gasteiger partial charge in [0.25, 0.3) is 5.91 Å². The number of alkyl halides is 3. The number of methoxy groups -OCH3 is 1. The van der Waals surface area contributed by atoms with Crippen LogP contribution in [0.15, 0.2) is 52.5 Å². The van der Waals surface area contributed by atoms with Crippen molar-refractivity contribution in [2.75, 3.05) is 7.11 Å². The maximum absolute atomic E-state index is 13.4. The Morgan fingerprint density at radius 2 is 1.74 bits per heavy atom. The molecule has 0 saturated carbocycles. The number of aliphatic imine (C=N–C) groups is 1. The maximum Gasteiger partial charge on any atom is 0.416 e. The molecule has 0 heterocycles. The predicted molar refractivity (Wildman–Crippen MR) is 122 cm³/mol. The van der Waals surface area contributed by atoms with Gasteiger partial charge in [0.2, 0.25) is 5.76 Å². The summed E-state index contributed by atoms with van der Waals surface area (Å²) in [6.07, 6.45) is -4.09. The van der Waals surface area contributed by atoms with Gasteiger partial charge in [-0.1, -0.05) is 25.1 Å². The molecule has 0 aliphatic rings. The van der Waals surface area contributed by atoms with Gasteiger partial charge in [-0.2, -0.15) is 13.2 Å². The molecule has 0 fully saturated rings. The number of ether oxygens (including phenoxy) is 3. The van der Waals surface area contributed by atoms with Gasteiger partial charge in [0.15, 0.2) is 11.5 Å². The standard InChI is InChI=1S/C24H29F3N2O6/c1-8-19(33-7)21(35-16(5)30)20(28-6)22(31)29-14(3)23(32)34-15(4)13(2)17-11-9-10-12-18(17)24(25,26)27/h8-15H,6H2,1-5,7H3,(H,29,31)/b19-8+,21-20+/t13-,14-,15+/m0/s1. The zero-order chi connectivity index (χ0) is 26.9. The first-order valence-electron chi connectivity index (χ1n) is 10.6. The molecule has 11 heteroatoms. The Morgan fingerprint density at radius 3 is 2.23 bits per heavy atom. The smallest absolute Gasteiger partial charge is 0.416 e. The molecule has 0 saturated heterocycles. The van der Waals surface area contributed by atoms with E-state index < -0.39 is 53.3 Å². The van der Waals surface area contributed by atoms with Crippen LogP contribution in [0.25, 0.3) is 0 Å². The molecule has 8 nitrogen and oxygen atoms in total. The van der Waals surface area contributed by atoms with E-state index in [4.69, 9.17) is 14.2 Å². The van der Waals surface area contributed by atoms with E-state index in [0.29, 0.717) is 0 Å². The minimum atomic E-state index is -4.57. The van der Waals surface area contributed by atoms with E-state index in [2.05, 4.69) is 17.0 Å². The minimum Gasteiger partial charge on any atom is -0.493 e. The van der Waals surface area contributed by atoms with Crippen LogP contribution >= 0.6 is 0 Å². The molecule has 0 spiro atoms. The molecule has 1 aromatic carbocycles. The number of allylic oxidation sites excluding steroid dienone is 1. The van der Waals surface area contributed by atoms with Crippen molar-refractivity contribution in [3.05, 3.63) is 58.7 Å². The van der Waals surface area contributed by atoms with Crippen LogP contribution < -0.4 is 5.32 Å².